The van der Waals surface area contributed by atoms with Crippen molar-refractivity contribution in [3.63, 3.8) is 0 Å². The molecule has 2 N–H and O–H groups in total. The van der Waals surface area contributed by atoms with Crippen LogP contribution in [0.2, 0.25) is 0 Å². The van der Waals surface area contributed by atoms with E-state index in [1.807, 2.05) is 0 Å². The van der Waals surface area contributed by atoms with Crippen LogP contribution in [0.3, 0.4) is 0 Å². The topological polar surface area (TPSA) is 93.1 Å². The van der Waals surface area contributed by atoms with Gasteiger partial charge in [0.2, 0.25) is 0 Å². The Balaban J connectivity index is 3.31. The third-order valence-electron chi connectivity index (χ3n) is 3.80. The molecule has 8 heteroatoms. The first-order valence-corrected chi connectivity index (χ1v) is 8.98. The van der Waals surface area contributed by atoms with Gasteiger partial charge in [0.05, 0.1) is 11.3 Å². The Kier molecular flexibility index (Phi) is 4.00. The summed E-state index contributed by atoms with van der Waals surface area (Å²) < 4.78 is 35.1. The lowest BCUT2D eigenvalue weighted by Gasteiger charge is -2.31. The van der Waals surface area contributed by atoms with Crippen molar-refractivity contribution in [1.82, 2.24) is 0 Å². The maximum absolute atomic E-state index is 12.8. The van der Waals surface area contributed by atoms with E-state index >= 15 is 0 Å². The van der Waals surface area contributed by atoms with Crippen molar-refractivity contribution >= 4 is 15.2 Å². The highest BCUT2D eigenvalue weighted by atomic mass is 31.2. The number of hydrogen-bond donors (Lipinski definition) is 2. The van der Waals surface area contributed by atoms with Crippen LogP contribution in [-0.2, 0) is 18.2 Å². The van der Waals surface area contributed by atoms with Crippen LogP contribution in [0, 0.1) is 5.92 Å². The number of rotatable bonds is 3. The van der Waals surface area contributed by atoms with E-state index in [0.717, 1.165) is 0 Å². The second-order valence-electron chi connectivity index (χ2n) is 5.72. The summed E-state index contributed by atoms with van der Waals surface area (Å²) in [5, 5.41) is -2.73. The second kappa shape index (κ2) is 4.41. The molecule has 3 unspecified atom stereocenters. The van der Waals surface area contributed by atoms with Gasteiger partial charge in [-0.2, -0.15) is 0 Å². The monoisotopic (exact) mass is 300 g/mol. The Morgan fingerprint density at radius 3 is 2.06 bits per heavy atom. The minimum atomic E-state index is -4.56. The van der Waals surface area contributed by atoms with Crippen molar-refractivity contribution < 1.29 is 28.0 Å². The molecule has 6 nitrogen and oxygen atoms in total. The van der Waals surface area contributed by atoms with Crippen LogP contribution < -0.4 is 0 Å². The lowest BCUT2D eigenvalue weighted by molar-refractivity contribution is 0.0915. The van der Waals surface area contributed by atoms with Crippen LogP contribution in [0.4, 0.5) is 0 Å². The Labute approximate surface area is 108 Å². The second-order valence-corrected chi connectivity index (χ2v) is 10.2. The van der Waals surface area contributed by atoms with E-state index in [1.165, 1.54) is 6.92 Å². The highest BCUT2D eigenvalue weighted by molar-refractivity contribution is 7.59. The zero-order valence-corrected chi connectivity index (χ0v) is 13.4. The highest BCUT2D eigenvalue weighted by Gasteiger charge is 2.69. The van der Waals surface area contributed by atoms with Gasteiger partial charge in [-0.25, -0.2) is 0 Å². The molecule has 3 atom stereocenters. The van der Waals surface area contributed by atoms with Crippen molar-refractivity contribution in [1.29, 1.82) is 0 Å². The van der Waals surface area contributed by atoms with Crippen LogP contribution in [0.15, 0.2) is 0 Å². The van der Waals surface area contributed by atoms with Gasteiger partial charge in [0.25, 0.3) is 0 Å². The largest absolute Gasteiger partial charge is 0.357 e. The van der Waals surface area contributed by atoms with Gasteiger partial charge in [0, 0.05) is 5.92 Å². The molecule has 0 saturated carbocycles. The molecule has 1 aliphatic heterocycles. The minimum Gasteiger partial charge on any atom is -0.322 e. The van der Waals surface area contributed by atoms with E-state index in [2.05, 4.69) is 0 Å². The third kappa shape index (κ3) is 2.24. The first-order valence-electron chi connectivity index (χ1n) is 5.83. The van der Waals surface area contributed by atoms with Crippen LogP contribution in [0.5, 0.6) is 0 Å². The average molecular weight is 300 g/mol. The molecule has 0 radical (unpaired) electrons. The maximum Gasteiger partial charge on any atom is 0.357 e. The molecular formula is C10H22O6P2. The Morgan fingerprint density at radius 2 is 1.78 bits per heavy atom. The van der Waals surface area contributed by atoms with E-state index in [0.29, 0.717) is 0 Å². The summed E-state index contributed by atoms with van der Waals surface area (Å²) in [4.78, 5) is 18.9. The summed E-state index contributed by atoms with van der Waals surface area (Å²) in [6.45, 7) is 9.64. The smallest absolute Gasteiger partial charge is 0.322 e. The van der Waals surface area contributed by atoms with Crippen LogP contribution in [0.1, 0.15) is 41.5 Å². The highest BCUT2D eigenvalue weighted by Crippen LogP contribution is 2.78. The molecule has 0 aromatic carbocycles. The molecule has 0 bridgehead atoms. The lowest BCUT2D eigenvalue weighted by atomic mass is 9.92. The molecular weight excluding hydrogens is 278 g/mol. The Bertz CT molecular complexity index is 426. The van der Waals surface area contributed by atoms with Crippen LogP contribution >= 0.6 is 15.2 Å². The van der Waals surface area contributed by atoms with Crippen molar-refractivity contribution in [3.05, 3.63) is 0 Å². The molecule has 1 aliphatic rings. The fourth-order valence-electron chi connectivity index (χ4n) is 2.07. The van der Waals surface area contributed by atoms with Gasteiger partial charge in [-0.1, -0.05) is 6.92 Å². The van der Waals surface area contributed by atoms with E-state index in [-0.39, 0.29) is 6.10 Å². The number of hydrogen-bond acceptors (Lipinski definition) is 4. The van der Waals surface area contributed by atoms with Crippen molar-refractivity contribution in [3.8, 4) is 0 Å². The summed E-state index contributed by atoms with van der Waals surface area (Å²) in [6, 6.07) is 0. The van der Waals surface area contributed by atoms with E-state index in [4.69, 9.17) is 9.05 Å². The van der Waals surface area contributed by atoms with E-state index in [9.17, 15) is 18.9 Å². The molecule has 1 saturated heterocycles. The quantitative estimate of drug-likeness (QED) is 0.778. The normalized spacial score (nSPS) is 40.4. The first kappa shape index (κ1) is 16.4. The summed E-state index contributed by atoms with van der Waals surface area (Å²) in [5.41, 5.74) is 0. The molecule has 0 spiro atoms. The molecule has 108 valence electrons. The molecule has 1 heterocycles. The van der Waals surface area contributed by atoms with E-state index in [1.54, 1.807) is 34.6 Å². The zero-order valence-electron chi connectivity index (χ0n) is 11.6. The van der Waals surface area contributed by atoms with Gasteiger partial charge < -0.3 is 14.3 Å². The SMILES string of the molecule is CC(C)OP1(=O)OC(C)(P(=O)(O)O)C(C)C1(C)C. The van der Waals surface area contributed by atoms with Gasteiger partial charge in [0.15, 0.2) is 5.34 Å². The van der Waals surface area contributed by atoms with Crippen LogP contribution in [0.25, 0.3) is 0 Å². The fraction of sp³-hybridized carbons (Fsp3) is 1.00. The maximum atomic E-state index is 12.8. The van der Waals surface area contributed by atoms with E-state index < -0.39 is 31.6 Å². The third-order valence-corrected chi connectivity index (χ3v) is 8.70. The molecule has 0 aromatic heterocycles. The van der Waals surface area contributed by atoms with Gasteiger partial charge in [0.1, 0.15) is 0 Å². The molecule has 0 aliphatic carbocycles. The van der Waals surface area contributed by atoms with Crippen molar-refractivity contribution in [2.24, 2.45) is 5.92 Å². The van der Waals surface area contributed by atoms with Crippen molar-refractivity contribution in [2.45, 2.75) is 58.1 Å². The van der Waals surface area contributed by atoms with Gasteiger partial charge in [-0.3, -0.25) is 13.7 Å². The molecule has 0 amide bonds. The molecule has 0 aromatic rings. The zero-order chi connectivity index (χ0) is 14.6. The first-order chi connectivity index (χ1) is 7.78. The molecule has 18 heavy (non-hydrogen) atoms. The van der Waals surface area contributed by atoms with Crippen molar-refractivity contribution in [2.75, 3.05) is 0 Å². The predicted octanol–water partition coefficient (Wildman–Crippen LogP) is 2.94. The molecule has 1 rings (SSSR count). The fourth-order valence-corrected chi connectivity index (χ4v) is 6.22. The predicted molar refractivity (Wildman–Crippen MR) is 68.6 cm³/mol. The standard InChI is InChI=1S/C10H22O6P2/c1-7(2)15-18(14)9(4,5)8(3)10(6,16-18)17(11,12)13/h7-8H,1-6H3,(H2,11,12,13). The van der Waals surface area contributed by atoms with Crippen LogP contribution in [-0.4, -0.2) is 26.4 Å². The van der Waals surface area contributed by atoms with Gasteiger partial charge in [-0.05, 0) is 34.6 Å². The summed E-state index contributed by atoms with van der Waals surface area (Å²) in [7, 11) is -8.15. The lowest BCUT2D eigenvalue weighted by Crippen LogP contribution is -2.37. The Hall–Kier alpha value is 0.300. The summed E-state index contributed by atoms with van der Waals surface area (Å²) in [5.74, 6) is -0.601. The Morgan fingerprint density at radius 1 is 1.33 bits per heavy atom. The molecule has 1 fully saturated rings. The minimum absolute atomic E-state index is 0.346. The van der Waals surface area contributed by atoms with Gasteiger partial charge in [-0.15, -0.1) is 0 Å². The summed E-state index contributed by atoms with van der Waals surface area (Å²) >= 11 is 0. The van der Waals surface area contributed by atoms with Gasteiger partial charge >= 0.3 is 15.2 Å². The average Bonchev–Trinajstić information content (AvgIpc) is 2.23. The summed E-state index contributed by atoms with van der Waals surface area (Å²) in [6.07, 6.45) is -0.346.